The molecule has 1 saturated heterocycles. The summed E-state index contributed by atoms with van der Waals surface area (Å²) in [6, 6.07) is 0. The number of hydrogen-bond donors (Lipinski definition) is 0. The van der Waals surface area contributed by atoms with Crippen LogP contribution in [0.1, 0.15) is 39.5 Å². The number of hydrogen-bond acceptors (Lipinski definition) is 2. The van der Waals surface area contributed by atoms with E-state index in [9.17, 15) is 4.79 Å². The van der Waals surface area contributed by atoms with Gasteiger partial charge in [-0.1, -0.05) is 6.92 Å². The van der Waals surface area contributed by atoms with Crippen LogP contribution in [0.4, 0.5) is 0 Å². The summed E-state index contributed by atoms with van der Waals surface area (Å²) in [6.45, 7) is 6.85. The minimum Gasteiger partial charge on any atom is -0.277 e. The Morgan fingerprint density at radius 2 is 1.85 bits per heavy atom. The van der Waals surface area contributed by atoms with Crippen molar-refractivity contribution in [2.45, 2.75) is 39.5 Å². The molecule has 0 unspecified atom stereocenters. The van der Waals surface area contributed by atoms with E-state index in [0.717, 1.165) is 19.6 Å². The van der Waals surface area contributed by atoms with Gasteiger partial charge in [-0.3, -0.25) is 4.84 Å². The lowest BCUT2D eigenvalue weighted by Crippen LogP contribution is -2.52. The van der Waals surface area contributed by atoms with E-state index in [1.165, 1.54) is 19.3 Å². The van der Waals surface area contributed by atoms with Crippen molar-refractivity contribution >= 4 is 5.97 Å². The van der Waals surface area contributed by atoms with Crippen LogP contribution in [-0.2, 0) is 9.63 Å². The van der Waals surface area contributed by atoms with E-state index < -0.39 is 0 Å². The van der Waals surface area contributed by atoms with E-state index in [0.29, 0.717) is 11.1 Å². The number of quaternary nitrogens is 1. The second-order valence-corrected chi connectivity index (χ2v) is 3.70. The molecule has 0 atom stereocenters. The van der Waals surface area contributed by atoms with Crippen molar-refractivity contribution in [1.82, 2.24) is 0 Å². The summed E-state index contributed by atoms with van der Waals surface area (Å²) in [4.78, 5) is 16.7. The second-order valence-electron chi connectivity index (χ2n) is 3.70. The molecule has 3 heteroatoms. The van der Waals surface area contributed by atoms with Gasteiger partial charge in [-0.15, -0.1) is 4.65 Å². The molecule has 3 nitrogen and oxygen atoms in total. The third-order valence-electron chi connectivity index (χ3n) is 2.79. The largest absolute Gasteiger partial charge is 0.366 e. The number of carbonyl (C=O) groups excluding carboxylic acids is 1. The van der Waals surface area contributed by atoms with Gasteiger partial charge >= 0.3 is 5.97 Å². The predicted molar refractivity (Wildman–Crippen MR) is 50.8 cm³/mol. The average Bonchev–Trinajstić information content (AvgIpc) is 2.19. The highest BCUT2D eigenvalue weighted by molar-refractivity contribution is 5.68. The van der Waals surface area contributed by atoms with Crippen LogP contribution in [-0.4, -0.2) is 30.2 Å². The third-order valence-corrected chi connectivity index (χ3v) is 2.79. The van der Waals surface area contributed by atoms with Gasteiger partial charge in [0.1, 0.15) is 19.6 Å². The Balaban J connectivity index is 2.52. The zero-order chi connectivity index (χ0) is 9.73. The van der Waals surface area contributed by atoms with E-state index in [-0.39, 0.29) is 5.97 Å². The fraction of sp³-hybridized carbons (Fsp3) is 0.900. The van der Waals surface area contributed by atoms with Crippen LogP contribution >= 0.6 is 0 Å². The van der Waals surface area contributed by atoms with Gasteiger partial charge in [0.05, 0.1) is 0 Å². The van der Waals surface area contributed by atoms with Gasteiger partial charge in [0.2, 0.25) is 0 Å². The van der Waals surface area contributed by atoms with E-state index in [2.05, 4.69) is 6.92 Å². The summed E-state index contributed by atoms with van der Waals surface area (Å²) in [5.41, 5.74) is 0. The topological polar surface area (TPSA) is 26.3 Å². The van der Waals surface area contributed by atoms with E-state index in [1.54, 1.807) is 0 Å². The van der Waals surface area contributed by atoms with Crippen LogP contribution in [0.5, 0.6) is 0 Å². The maximum absolute atomic E-state index is 11.2. The molecule has 0 saturated carbocycles. The van der Waals surface area contributed by atoms with Gasteiger partial charge in [-0.25, -0.2) is 4.79 Å². The Morgan fingerprint density at radius 1 is 1.23 bits per heavy atom. The maximum atomic E-state index is 11.2. The molecule has 1 rings (SSSR count). The first-order chi connectivity index (χ1) is 6.22. The first-order valence-electron chi connectivity index (χ1n) is 5.31. The Morgan fingerprint density at radius 3 is 2.31 bits per heavy atom. The molecule has 0 radical (unpaired) electrons. The molecule has 13 heavy (non-hydrogen) atoms. The molecular formula is C10H20NO2+. The summed E-state index contributed by atoms with van der Waals surface area (Å²) in [6.07, 6.45) is 4.14. The van der Waals surface area contributed by atoms with Crippen molar-refractivity contribution in [2.24, 2.45) is 0 Å². The van der Waals surface area contributed by atoms with Crippen molar-refractivity contribution in [3.05, 3.63) is 0 Å². The van der Waals surface area contributed by atoms with Gasteiger partial charge in [-0.2, -0.15) is 0 Å². The Kier molecular flexibility index (Phi) is 3.72. The number of piperidine rings is 1. The van der Waals surface area contributed by atoms with E-state index >= 15 is 0 Å². The number of hydroxylamine groups is 3. The van der Waals surface area contributed by atoms with Crippen LogP contribution in [0.25, 0.3) is 0 Å². The minimum atomic E-state index is -0.0660. The highest BCUT2D eigenvalue weighted by Gasteiger charge is 2.32. The summed E-state index contributed by atoms with van der Waals surface area (Å²) in [5.74, 6) is -0.0660. The molecular weight excluding hydrogens is 166 g/mol. The van der Waals surface area contributed by atoms with Crippen molar-refractivity contribution in [2.75, 3.05) is 19.6 Å². The van der Waals surface area contributed by atoms with E-state index in [4.69, 9.17) is 4.84 Å². The van der Waals surface area contributed by atoms with Gasteiger partial charge in [-0.05, 0) is 13.3 Å². The van der Waals surface area contributed by atoms with Crippen molar-refractivity contribution < 1.29 is 14.3 Å². The molecule has 0 aliphatic carbocycles. The fourth-order valence-corrected chi connectivity index (χ4v) is 1.84. The number of rotatable bonds is 3. The molecule has 76 valence electrons. The van der Waals surface area contributed by atoms with Gasteiger partial charge in [0, 0.05) is 19.3 Å². The molecule has 1 aliphatic heterocycles. The van der Waals surface area contributed by atoms with Gasteiger partial charge in [0.25, 0.3) is 0 Å². The monoisotopic (exact) mass is 186 g/mol. The lowest BCUT2D eigenvalue weighted by Gasteiger charge is -2.36. The number of carbonyl (C=O) groups is 1. The first-order valence-corrected chi connectivity index (χ1v) is 5.31. The van der Waals surface area contributed by atoms with Crippen LogP contribution in [0.15, 0.2) is 0 Å². The van der Waals surface area contributed by atoms with Crippen LogP contribution in [0, 0.1) is 0 Å². The summed E-state index contributed by atoms with van der Waals surface area (Å²) >= 11 is 0. The number of nitrogens with zero attached hydrogens (tertiary/aromatic N) is 1. The normalized spacial score (nSPS) is 21.1. The molecule has 0 aromatic rings. The average molecular weight is 186 g/mol. The van der Waals surface area contributed by atoms with Crippen LogP contribution in [0.2, 0.25) is 0 Å². The lowest BCUT2D eigenvalue weighted by molar-refractivity contribution is -1.09. The molecule has 1 aliphatic rings. The molecule has 1 fully saturated rings. The number of likely N-dealkylation sites (tertiary alicyclic amines) is 1. The molecule has 0 aromatic carbocycles. The molecule has 0 bridgehead atoms. The zero-order valence-corrected chi connectivity index (χ0v) is 8.71. The molecule has 0 spiro atoms. The Labute approximate surface area is 80.2 Å². The lowest BCUT2D eigenvalue weighted by atomic mass is 10.1. The summed E-state index contributed by atoms with van der Waals surface area (Å²) in [5, 5.41) is 0. The van der Waals surface area contributed by atoms with Crippen LogP contribution in [0.3, 0.4) is 0 Å². The third kappa shape index (κ3) is 2.69. The molecule has 0 N–H and O–H groups in total. The molecule has 1 heterocycles. The Hall–Kier alpha value is -0.570. The van der Waals surface area contributed by atoms with Crippen LogP contribution < -0.4 is 0 Å². The highest BCUT2D eigenvalue weighted by atomic mass is 16.7. The van der Waals surface area contributed by atoms with Crippen molar-refractivity contribution in [3.8, 4) is 0 Å². The summed E-state index contributed by atoms with van der Waals surface area (Å²) < 4.78 is 0.562. The van der Waals surface area contributed by atoms with Crippen molar-refractivity contribution in [3.63, 3.8) is 0 Å². The SMILES string of the molecule is CCC(=O)O[N+]1(CC)CCCCC1. The molecule has 0 amide bonds. The quantitative estimate of drug-likeness (QED) is 0.629. The zero-order valence-electron chi connectivity index (χ0n) is 8.71. The maximum Gasteiger partial charge on any atom is 0.366 e. The van der Waals surface area contributed by atoms with Gasteiger partial charge < -0.3 is 0 Å². The summed E-state index contributed by atoms with van der Waals surface area (Å²) in [7, 11) is 0. The fourth-order valence-electron chi connectivity index (χ4n) is 1.84. The van der Waals surface area contributed by atoms with Gasteiger partial charge in [0.15, 0.2) is 0 Å². The molecule has 0 aromatic heterocycles. The smallest absolute Gasteiger partial charge is 0.277 e. The minimum absolute atomic E-state index is 0.0660. The Bertz CT molecular complexity index is 174. The van der Waals surface area contributed by atoms with E-state index in [1.807, 2.05) is 6.92 Å². The first kappa shape index (κ1) is 10.5. The highest BCUT2D eigenvalue weighted by Crippen LogP contribution is 2.19. The second kappa shape index (κ2) is 4.61. The van der Waals surface area contributed by atoms with Crippen molar-refractivity contribution in [1.29, 1.82) is 0 Å². The predicted octanol–water partition coefficient (Wildman–Crippen LogP) is 1.88. The standard InChI is InChI=1S/C10H20NO2/c1-3-10(12)13-11(4-2)8-6-5-7-9-11/h3-9H2,1-2H3/q+1.